The molecule has 4 heteroatoms. The van der Waals surface area contributed by atoms with E-state index < -0.39 is 0 Å². The molecule has 1 aromatic rings. The second-order valence-corrected chi connectivity index (χ2v) is 2.31. The molecule has 0 aliphatic rings. The van der Waals surface area contributed by atoms with Crippen LogP contribution in [0, 0.1) is 0 Å². The van der Waals surface area contributed by atoms with Crippen molar-refractivity contribution in [3.8, 4) is 5.88 Å². The predicted molar refractivity (Wildman–Crippen MR) is 47.5 cm³/mol. The van der Waals surface area contributed by atoms with Crippen LogP contribution in [0.1, 0.15) is 12.5 Å². The first-order valence-electron chi connectivity index (χ1n) is 3.89. The molecule has 0 bridgehead atoms. The molecule has 0 saturated heterocycles. The van der Waals surface area contributed by atoms with E-state index in [0.717, 1.165) is 17.8 Å². The van der Waals surface area contributed by atoms with Gasteiger partial charge in [0.2, 0.25) is 5.88 Å². The van der Waals surface area contributed by atoms with Crippen molar-refractivity contribution in [3.63, 3.8) is 0 Å². The smallest absolute Gasteiger partial charge is 0.221 e. The maximum Gasteiger partial charge on any atom is 0.221 e. The average Bonchev–Trinajstić information content (AvgIpc) is 2.16. The van der Waals surface area contributed by atoms with Crippen molar-refractivity contribution in [1.82, 2.24) is 9.97 Å². The van der Waals surface area contributed by atoms with Gasteiger partial charge in [-0.2, -0.15) is 0 Å². The Hall–Kier alpha value is -1.32. The standard InChI is InChI=1S/C8H13N3O/c1-4-6-7(9-2)10-5-11-8(6)12-3/h5H,4H2,1-3H3,(H,9,10,11). The van der Waals surface area contributed by atoms with Gasteiger partial charge in [0.05, 0.1) is 12.7 Å². The molecule has 1 N–H and O–H groups in total. The summed E-state index contributed by atoms with van der Waals surface area (Å²) in [6.45, 7) is 2.04. The summed E-state index contributed by atoms with van der Waals surface area (Å²) in [6, 6.07) is 0. The third-order valence-electron chi connectivity index (χ3n) is 1.69. The van der Waals surface area contributed by atoms with Gasteiger partial charge in [-0.3, -0.25) is 0 Å². The van der Waals surface area contributed by atoms with E-state index in [9.17, 15) is 0 Å². The zero-order valence-electron chi connectivity index (χ0n) is 7.59. The molecule has 0 aliphatic heterocycles. The van der Waals surface area contributed by atoms with E-state index in [4.69, 9.17) is 4.74 Å². The molecule has 0 fully saturated rings. The van der Waals surface area contributed by atoms with Gasteiger partial charge < -0.3 is 10.1 Å². The molecule has 0 amide bonds. The summed E-state index contributed by atoms with van der Waals surface area (Å²) >= 11 is 0. The maximum absolute atomic E-state index is 5.09. The zero-order chi connectivity index (χ0) is 8.97. The summed E-state index contributed by atoms with van der Waals surface area (Å²) in [5.41, 5.74) is 1.02. The Morgan fingerprint density at radius 2 is 2.25 bits per heavy atom. The molecule has 0 atom stereocenters. The van der Waals surface area contributed by atoms with Gasteiger partial charge in [-0.05, 0) is 6.42 Å². The van der Waals surface area contributed by atoms with Gasteiger partial charge >= 0.3 is 0 Å². The highest BCUT2D eigenvalue weighted by atomic mass is 16.5. The molecule has 0 radical (unpaired) electrons. The van der Waals surface area contributed by atoms with E-state index in [1.807, 2.05) is 14.0 Å². The summed E-state index contributed by atoms with van der Waals surface area (Å²) in [5, 5.41) is 2.99. The summed E-state index contributed by atoms with van der Waals surface area (Å²) in [4.78, 5) is 8.08. The molecular weight excluding hydrogens is 154 g/mol. The van der Waals surface area contributed by atoms with Gasteiger partial charge in [0.1, 0.15) is 12.1 Å². The number of anilines is 1. The Balaban J connectivity index is 3.13. The molecule has 1 heterocycles. The highest BCUT2D eigenvalue weighted by molar-refractivity contribution is 5.47. The van der Waals surface area contributed by atoms with E-state index in [2.05, 4.69) is 15.3 Å². The molecule has 1 rings (SSSR count). The Kier molecular flexibility index (Phi) is 2.85. The van der Waals surface area contributed by atoms with Crippen LogP contribution in [0.3, 0.4) is 0 Å². The second-order valence-electron chi connectivity index (χ2n) is 2.31. The highest BCUT2D eigenvalue weighted by Crippen LogP contribution is 2.20. The Bertz CT molecular complexity index is 240. The summed E-state index contributed by atoms with van der Waals surface area (Å²) in [7, 11) is 3.45. The fourth-order valence-electron chi connectivity index (χ4n) is 1.11. The second kappa shape index (κ2) is 3.90. The Morgan fingerprint density at radius 1 is 1.50 bits per heavy atom. The molecule has 0 aliphatic carbocycles. The fourth-order valence-corrected chi connectivity index (χ4v) is 1.11. The molecule has 0 spiro atoms. The number of hydrogen-bond acceptors (Lipinski definition) is 4. The first kappa shape index (κ1) is 8.77. The van der Waals surface area contributed by atoms with Crippen LogP contribution in [-0.4, -0.2) is 24.1 Å². The van der Waals surface area contributed by atoms with Crippen molar-refractivity contribution in [3.05, 3.63) is 11.9 Å². The van der Waals surface area contributed by atoms with Gasteiger partial charge in [-0.25, -0.2) is 9.97 Å². The van der Waals surface area contributed by atoms with Crippen LogP contribution < -0.4 is 10.1 Å². The number of aromatic nitrogens is 2. The molecule has 1 aromatic heterocycles. The summed E-state index contributed by atoms with van der Waals surface area (Å²) < 4.78 is 5.09. The largest absolute Gasteiger partial charge is 0.481 e. The average molecular weight is 167 g/mol. The van der Waals surface area contributed by atoms with Crippen molar-refractivity contribution in [2.45, 2.75) is 13.3 Å². The first-order chi connectivity index (χ1) is 5.83. The van der Waals surface area contributed by atoms with Crippen LogP contribution in [0.4, 0.5) is 5.82 Å². The molecule has 0 saturated carbocycles. The molecule has 12 heavy (non-hydrogen) atoms. The summed E-state index contributed by atoms with van der Waals surface area (Å²) in [5.74, 6) is 1.49. The van der Waals surface area contributed by atoms with Crippen LogP contribution >= 0.6 is 0 Å². The topological polar surface area (TPSA) is 47.0 Å². The van der Waals surface area contributed by atoms with Gasteiger partial charge in [0, 0.05) is 7.05 Å². The SMILES string of the molecule is CCc1c(NC)ncnc1OC. The molecule has 66 valence electrons. The minimum Gasteiger partial charge on any atom is -0.481 e. The van der Waals surface area contributed by atoms with Crippen LogP contribution in [0.25, 0.3) is 0 Å². The number of nitrogens with zero attached hydrogens (tertiary/aromatic N) is 2. The van der Waals surface area contributed by atoms with Gasteiger partial charge in [-0.1, -0.05) is 6.92 Å². The van der Waals surface area contributed by atoms with E-state index in [0.29, 0.717) is 5.88 Å². The lowest BCUT2D eigenvalue weighted by Crippen LogP contribution is -2.02. The minimum atomic E-state index is 0.650. The lowest BCUT2D eigenvalue weighted by molar-refractivity contribution is 0.392. The number of nitrogens with one attached hydrogen (secondary N) is 1. The summed E-state index contributed by atoms with van der Waals surface area (Å²) in [6.07, 6.45) is 2.35. The lowest BCUT2D eigenvalue weighted by atomic mass is 10.2. The van der Waals surface area contributed by atoms with E-state index in [1.165, 1.54) is 6.33 Å². The molecule has 0 unspecified atom stereocenters. The Morgan fingerprint density at radius 3 is 2.75 bits per heavy atom. The van der Waals surface area contributed by atoms with Crippen molar-refractivity contribution in [2.75, 3.05) is 19.5 Å². The van der Waals surface area contributed by atoms with Crippen molar-refractivity contribution >= 4 is 5.82 Å². The highest BCUT2D eigenvalue weighted by Gasteiger charge is 2.07. The molecule has 0 aromatic carbocycles. The normalized spacial score (nSPS) is 9.58. The zero-order valence-corrected chi connectivity index (χ0v) is 7.59. The number of rotatable bonds is 3. The van der Waals surface area contributed by atoms with Crippen LogP contribution in [0.15, 0.2) is 6.33 Å². The van der Waals surface area contributed by atoms with E-state index >= 15 is 0 Å². The van der Waals surface area contributed by atoms with E-state index in [-0.39, 0.29) is 0 Å². The fraction of sp³-hybridized carbons (Fsp3) is 0.500. The van der Waals surface area contributed by atoms with Crippen LogP contribution in [0.2, 0.25) is 0 Å². The number of ether oxygens (including phenoxy) is 1. The number of methoxy groups -OCH3 is 1. The maximum atomic E-state index is 5.09. The molecular formula is C8H13N3O. The van der Waals surface area contributed by atoms with Gasteiger partial charge in [0.15, 0.2) is 0 Å². The first-order valence-corrected chi connectivity index (χ1v) is 3.89. The lowest BCUT2D eigenvalue weighted by Gasteiger charge is -2.08. The van der Waals surface area contributed by atoms with Crippen LogP contribution in [-0.2, 0) is 6.42 Å². The monoisotopic (exact) mass is 167 g/mol. The number of hydrogen-bond donors (Lipinski definition) is 1. The van der Waals surface area contributed by atoms with Crippen LogP contribution in [0.5, 0.6) is 5.88 Å². The van der Waals surface area contributed by atoms with Crippen molar-refractivity contribution in [1.29, 1.82) is 0 Å². The minimum absolute atomic E-state index is 0.650. The quantitative estimate of drug-likeness (QED) is 0.732. The van der Waals surface area contributed by atoms with E-state index in [1.54, 1.807) is 7.11 Å². The van der Waals surface area contributed by atoms with Crippen molar-refractivity contribution in [2.24, 2.45) is 0 Å². The van der Waals surface area contributed by atoms with Crippen molar-refractivity contribution < 1.29 is 4.74 Å². The predicted octanol–water partition coefficient (Wildman–Crippen LogP) is 1.09. The third-order valence-corrected chi connectivity index (χ3v) is 1.69. The third kappa shape index (κ3) is 1.47. The molecule has 4 nitrogen and oxygen atoms in total. The van der Waals surface area contributed by atoms with Gasteiger partial charge in [0.25, 0.3) is 0 Å². The Labute approximate surface area is 72.0 Å². The van der Waals surface area contributed by atoms with Gasteiger partial charge in [-0.15, -0.1) is 0 Å².